The molecule has 3 aromatic rings. The molecule has 0 spiro atoms. The lowest BCUT2D eigenvalue weighted by molar-refractivity contribution is -0.143. The fourth-order valence-corrected chi connectivity index (χ4v) is 4.65. The van der Waals surface area contributed by atoms with Crippen molar-refractivity contribution < 1.29 is 14.4 Å². The molecule has 1 fully saturated rings. The van der Waals surface area contributed by atoms with Gasteiger partial charge in [0, 0.05) is 44.7 Å². The van der Waals surface area contributed by atoms with Gasteiger partial charge in [-0.05, 0) is 43.7 Å². The van der Waals surface area contributed by atoms with Gasteiger partial charge < -0.3 is 20.9 Å². The Bertz CT molecular complexity index is 1300. The van der Waals surface area contributed by atoms with Gasteiger partial charge in [0.05, 0.1) is 0 Å². The summed E-state index contributed by atoms with van der Waals surface area (Å²) >= 11 is 0. The Balaban J connectivity index is 1.42. The topological polar surface area (TPSA) is 116 Å². The number of benzene rings is 2. The molecule has 2 aromatic carbocycles. The first-order chi connectivity index (χ1) is 18.3. The van der Waals surface area contributed by atoms with E-state index in [0.717, 1.165) is 18.4 Å². The number of likely N-dealkylation sites (tertiary alicyclic amines) is 1. The van der Waals surface area contributed by atoms with E-state index in [2.05, 4.69) is 58.0 Å². The molecule has 2 heterocycles. The van der Waals surface area contributed by atoms with E-state index in [1.807, 2.05) is 30.3 Å². The van der Waals surface area contributed by atoms with Crippen molar-refractivity contribution in [3.8, 4) is 11.4 Å². The number of nitrogens with zero attached hydrogens (tertiary/aromatic N) is 3. The van der Waals surface area contributed by atoms with Crippen LogP contribution in [0.3, 0.4) is 0 Å². The Morgan fingerprint density at radius 2 is 1.63 bits per heavy atom. The van der Waals surface area contributed by atoms with E-state index in [9.17, 15) is 14.4 Å². The van der Waals surface area contributed by atoms with Gasteiger partial charge in [0.15, 0.2) is 5.82 Å². The molecule has 1 aliphatic rings. The summed E-state index contributed by atoms with van der Waals surface area (Å²) in [7, 11) is 0. The number of hydrogen-bond donors (Lipinski definition) is 3. The van der Waals surface area contributed by atoms with Crippen LogP contribution >= 0.6 is 0 Å². The fourth-order valence-electron chi connectivity index (χ4n) is 4.65. The second kappa shape index (κ2) is 12.3. The number of hydrogen-bond acceptors (Lipinski definition) is 6. The molecule has 0 bridgehead atoms. The van der Waals surface area contributed by atoms with Crippen molar-refractivity contribution in [3.63, 3.8) is 0 Å². The van der Waals surface area contributed by atoms with E-state index in [1.54, 1.807) is 11.0 Å². The quantitative estimate of drug-likeness (QED) is 0.327. The van der Waals surface area contributed by atoms with Gasteiger partial charge in [-0.2, -0.15) is 0 Å². The minimum atomic E-state index is -0.725. The summed E-state index contributed by atoms with van der Waals surface area (Å²) < 4.78 is 0. The van der Waals surface area contributed by atoms with Crippen LogP contribution in [0.5, 0.6) is 0 Å². The average molecular weight is 515 g/mol. The number of piperidine rings is 1. The molecule has 1 aromatic heterocycles. The molecule has 1 aliphatic heterocycles. The first-order valence-corrected chi connectivity index (χ1v) is 12.9. The number of carbonyl (C=O) groups excluding carboxylic acids is 3. The highest BCUT2D eigenvalue weighted by Crippen LogP contribution is 2.31. The van der Waals surface area contributed by atoms with Crippen molar-refractivity contribution in [3.05, 3.63) is 71.3 Å². The lowest BCUT2D eigenvalue weighted by Gasteiger charge is -2.32. The van der Waals surface area contributed by atoms with Crippen molar-refractivity contribution >= 4 is 29.4 Å². The van der Waals surface area contributed by atoms with Crippen LogP contribution in [0.1, 0.15) is 42.4 Å². The summed E-state index contributed by atoms with van der Waals surface area (Å²) in [5.74, 6) is 0.0759. The predicted octanol–water partition coefficient (Wildman–Crippen LogP) is 3.65. The first kappa shape index (κ1) is 26.8. The Morgan fingerprint density at radius 3 is 2.34 bits per heavy atom. The molecule has 9 heteroatoms. The Labute approximate surface area is 223 Å². The normalized spacial score (nSPS) is 13.6. The van der Waals surface area contributed by atoms with Crippen LogP contribution in [0.4, 0.5) is 11.6 Å². The highest BCUT2D eigenvalue weighted by molar-refractivity contribution is 6.39. The summed E-state index contributed by atoms with van der Waals surface area (Å²) in [5.41, 5.74) is 4.59. The van der Waals surface area contributed by atoms with Gasteiger partial charge in [0.25, 0.3) is 0 Å². The van der Waals surface area contributed by atoms with Crippen LogP contribution < -0.4 is 16.0 Å². The Hall–Kier alpha value is -4.27. The first-order valence-electron chi connectivity index (χ1n) is 12.9. The maximum absolute atomic E-state index is 13.0. The molecule has 38 heavy (non-hydrogen) atoms. The van der Waals surface area contributed by atoms with E-state index >= 15 is 0 Å². The zero-order chi connectivity index (χ0) is 27.1. The molecule has 198 valence electrons. The molecule has 3 N–H and O–H groups in total. The van der Waals surface area contributed by atoms with E-state index in [1.165, 1.54) is 23.6 Å². The molecular weight excluding hydrogens is 480 g/mol. The van der Waals surface area contributed by atoms with E-state index in [4.69, 9.17) is 0 Å². The molecule has 4 rings (SSSR count). The van der Waals surface area contributed by atoms with Crippen molar-refractivity contribution in [1.29, 1.82) is 0 Å². The zero-order valence-corrected chi connectivity index (χ0v) is 22.1. The van der Waals surface area contributed by atoms with Gasteiger partial charge in [-0.3, -0.25) is 14.4 Å². The highest BCUT2D eigenvalue weighted by atomic mass is 16.2. The van der Waals surface area contributed by atoms with Gasteiger partial charge in [-0.1, -0.05) is 54.1 Å². The molecular formula is C29H34N6O3. The molecule has 0 atom stereocenters. The summed E-state index contributed by atoms with van der Waals surface area (Å²) in [6.07, 6.45) is 1.63. The van der Waals surface area contributed by atoms with Gasteiger partial charge in [-0.25, -0.2) is 9.97 Å². The number of aromatic nitrogens is 2. The van der Waals surface area contributed by atoms with E-state index in [0.29, 0.717) is 43.7 Å². The number of carbonyl (C=O) groups is 3. The highest BCUT2D eigenvalue weighted by Gasteiger charge is 2.28. The Kier molecular flexibility index (Phi) is 8.68. The van der Waals surface area contributed by atoms with Crippen molar-refractivity contribution in [2.24, 2.45) is 0 Å². The summed E-state index contributed by atoms with van der Waals surface area (Å²) in [4.78, 5) is 47.7. The number of amides is 3. The van der Waals surface area contributed by atoms with Crippen molar-refractivity contribution in [2.75, 3.05) is 36.8 Å². The minimum Gasteiger partial charge on any atom is -0.368 e. The van der Waals surface area contributed by atoms with Crippen molar-refractivity contribution in [2.45, 2.75) is 39.5 Å². The van der Waals surface area contributed by atoms with Crippen LogP contribution in [-0.4, -0.2) is 58.8 Å². The third-order valence-electron chi connectivity index (χ3n) is 6.66. The molecule has 1 saturated heterocycles. The van der Waals surface area contributed by atoms with Crippen LogP contribution in [0.15, 0.2) is 54.6 Å². The maximum atomic E-state index is 13.0. The standard InChI is InChI=1S/C29H34N6O3/c1-19-9-10-20(2)24(17-19)22-11-15-35(16-12-22)29(38)28(37)34-26-18-25(31-14-13-30-21(3)36)32-27(33-26)23-7-5-4-6-8-23/h4-10,17-18,22H,11-16H2,1-3H3,(H,30,36)(H2,31,32,33,34,37). The molecule has 3 amide bonds. The van der Waals surface area contributed by atoms with Gasteiger partial charge in [-0.15, -0.1) is 0 Å². The fraction of sp³-hybridized carbons (Fsp3) is 0.345. The Morgan fingerprint density at radius 1 is 0.921 bits per heavy atom. The summed E-state index contributed by atoms with van der Waals surface area (Å²) in [5, 5.41) is 8.51. The predicted molar refractivity (Wildman–Crippen MR) is 148 cm³/mol. The van der Waals surface area contributed by atoms with Gasteiger partial charge in [0.1, 0.15) is 11.6 Å². The SMILES string of the molecule is CC(=O)NCCNc1cc(NC(=O)C(=O)N2CCC(c3cc(C)ccc3C)CC2)nc(-c2ccccc2)n1. The molecule has 0 aliphatic carbocycles. The maximum Gasteiger partial charge on any atom is 0.315 e. The number of nitrogens with one attached hydrogen (secondary N) is 3. The number of aryl methyl sites for hydroxylation is 2. The second-order valence-electron chi connectivity index (χ2n) is 9.62. The molecule has 9 nitrogen and oxygen atoms in total. The van der Waals surface area contributed by atoms with Crippen LogP contribution in [-0.2, 0) is 14.4 Å². The minimum absolute atomic E-state index is 0.121. The number of rotatable bonds is 7. The van der Waals surface area contributed by atoms with Crippen LogP contribution in [0, 0.1) is 13.8 Å². The number of anilines is 2. The second-order valence-corrected chi connectivity index (χ2v) is 9.62. The van der Waals surface area contributed by atoms with E-state index < -0.39 is 11.8 Å². The van der Waals surface area contributed by atoms with E-state index in [-0.39, 0.29) is 11.7 Å². The van der Waals surface area contributed by atoms with Gasteiger partial charge >= 0.3 is 11.8 Å². The lowest BCUT2D eigenvalue weighted by atomic mass is 9.86. The molecule has 0 radical (unpaired) electrons. The molecule has 0 saturated carbocycles. The van der Waals surface area contributed by atoms with Crippen molar-refractivity contribution in [1.82, 2.24) is 20.2 Å². The zero-order valence-electron chi connectivity index (χ0n) is 22.1. The third-order valence-corrected chi connectivity index (χ3v) is 6.66. The smallest absolute Gasteiger partial charge is 0.315 e. The van der Waals surface area contributed by atoms with Crippen LogP contribution in [0.25, 0.3) is 11.4 Å². The third kappa shape index (κ3) is 6.94. The van der Waals surface area contributed by atoms with Crippen LogP contribution in [0.2, 0.25) is 0 Å². The summed E-state index contributed by atoms with van der Waals surface area (Å²) in [6.45, 7) is 7.57. The molecule has 0 unspecified atom stereocenters. The lowest BCUT2D eigenvalue weighted by Crippen LogP contribution is -2.44. The average Bonchev–Trinajstić information content (AvgIpc) is 2.92. The largest absolute Gasteiger partial charge is 0.368 e. The van der Waals surface area contributed by atoms with Gasteiger partial charge in [0.2, 0.25) is 5.91 Å². The monoisotopic (exact) mass is 514 g/mol. The summed E-state index contributed by atoms with van der Waals surface area (Å²) in [6, 6.07) is 17.4.